The van der Waals surface area contributed by atoms with Crippen molar-refractivity contribution in [3.63, 3.8) is 0 Å². The number of aromatic nitrogens is 4. The van der Waals surface area contributed by atoms with E-state index in [1.54, 1.807) is 23.7 Å². The van der Waals surface area contributed by atoms with E-state index in [1.807, 2.05) is 30.5 Å². The summed E-state index contributed by atoms with van der Waals surface area (Å²) in [5.74, 6) is 1.00. The molecule has 1 aliphatic carbocycles. The monoisotopic (exact) mass is 574 g/mol. The molecule has 3 aromatic heterocycles. The van der Waals surface area contributed by atoms with Gasteiger partial charge in [0.15, 0.2) is 0 Å². The Morgan fingerprint density at radius 1 is 1.05 bits per heavy atom. The molecule has 0 atom stereocenters. The molecule has 1 aliphatic heterocycles. The van der Waals surface area contributed by atoms with Crippen LogP contribution in [0.2, 0.25) is 5.02 Å². The predicted octanol–water partition coefficient (Wildman–Crippen LogP) is 6.86. The Hall–Kier alpha value is -3.53. The van der Waals surface area contributed by atoms with Crippen LogP contribution in [0, 0.1) is 5.82 Å². The molecule has 2 aliphatic rings. The van der Waals surface area contributed by atoms with E-state index in [9.17, 15) is 4.39 Å². The van der Waals surface area contributed by atoms with Crippen LogP contribution in [0.3, 0.4) is 0 Å². The molecular formula is C30H28ClFN6OS. The zero-order chi connectivity index (χ0) is 27.1. The van der Waals surface area contributed by atoms with E-state index >= 15 is 0 Å². The van der Waals surface area contributed by atoms with Crippen LogP contribution in [0.5, 0.6) is 5.75 Å². The maximum absolute atomic E-state index is 13.5. The van der Waals surface area contributed by atoms with Crippen molar-refractivity contribution >= 4 is 44.7 Å². The highest BCUT2D eigenvalue weighted by atomic mass is 35.5. The molecule has 2 aromatic carbocycles. The molecule has 7 rings (SSSR count). The SMILES string of the molecule is Fc1cccc(COc2ccc(Nc3ncnc4sc5c(c34)CCc3c-5cnn3CCN3CCCC3)cc2Cl)c1. The minimum absolute atomic E-state index is 0.231. The normalized spacial score (nSPS) is 14.8. The molecule has 0 unspecified atom stereocenters. The number of hydrogen-bond acceptors (Lipinski definition) is 7. The first-order chi connectivity index (χ1) is 19.6. The number of likely N-dealkylation sites (tertiary alicyclic amines) is 1. The third-order valence-corrected chi connectivity index (χ3v) is 9.17. The molecule has 204 valence electrons. The van der Waals surface area contributed by atoms with Crippen LogP contribution in [0.25, 0.3) is 20.7 Å². The second-order valence-electron chi connectivity index (χ2n) is 10.3. The molecule has 7 nitrogen and oxygen atoms in total. The second-order valence-corrected chi connectivity index (χ2v) is 11.7. The van der Waals surface area contributed by atoms with Gasteiger partial charge in [-0.25, -0.2) is 14.4 Å². The minimum Gasteiger partial charge on any atom is -0.487 e. The van der Waals surface area contributed by atoms with Gasteiger partial charge in [-0.3, -0.25) is 4.68 Å². The lowest BCUT2D eigenvalue weighted by molar-refractivity contribution is 0.306. The summed E-state index contributed by atoms with van der Waals surface area (Å²) >= 11 is 8.26. The number of benzene rings is 2. The highest BCUT2D eigenvalue weighted by molar-refractivity contribution is 7.22. The highest BCUT2D eigenvalue weighted by Gasteiger charge is 2.27. The molecule has 5 aromatic rings. The first-order valence-electron chi connectivity index (χ1n) is 13.6. The zero-order valence-corrected chi connectivity index (χ0v) is 23.4. The van der Waals surface area contributed by atoms with E-state index < -0.39 is 0 Å². The van der Waals surface area contributed by atoms with E-state index in [0.29, 0.717) is 10.8 Å². The summed E-state index contributed by atoms with van der Waals surface area (Å²) in [6, 6.07) is 11.9. The molecule has 0 saturated carbocycles. The quantitative estimate of drug-likeness (QED) is 0.218. The van der Waals surface area contributed by atoms with Gasteiger partial charge in [0.2, 0.25) is 0 Å². The van der Waals surface area contributed by atoms with Gasteiger partial charge in [0, 0.05) is 28.4 Å². The summed E-state index contributed by atoms with van der Waals surface area (Å²) in [7, 11) is 0. The lowest BCUT2D eigenvalue weighted by Crippen LogP contribution is -2.25. The summed E-state index contributed by atoms with van der Waals surface area (Å²) in [4.78, 5) is 13.9. The van der Waals surface area contributed by atoms with Crippen molar-refractivity contribution in [1.29, 1.82) is 0 Å². The largest absolute Gasteiger partial charge is 0.487 e. The molecule has 1 saturated heterocycles. The maximum atomic E-state index is 13.5. The average molecular weight is 575 g/mol. The van der Waals surface area contributed by atoms with Crippen molar-refractivity contribution in [1.82, 2.24) is 24.6 Å². The van der Waals surface area contributed by atoms with Gasteiger partial charge in [-0.1, -0.05) is 23.7 Å². The fourth-order valence-corrected chi connectivity index (χ4v) is 7.16. The predicted molar refractivity (Wildman–Crippen MR) is 157 cm³/mol. The Morgan fingerprint density at radius 3 is 2.80 bits per heavy atom. The third kappa shape index (κ3) is 4.93. The zero-order valence-electron chi connectivity index (χ0n) is 21.9. The molecular weight excluding hydrogens is 547 g/mol. The molecule has 0 bridgehead atoms. The summed E-state index contributed by atoms with van der Waals surface area (Å²) < 4.78 is 21.5. The Bertz CT molecular complexity index is 1700. The van der Waals surface area contributed by atoms with Crippen LogP contribution in [0.1, 0.15) is 29.7 Å². The Balaban J connectivity index is 1.11. The van der Waals surface area contributed by atoms with Crippen LogP contribution >= 0.6 is 22.9 Å². The standard InChI is InChI=1S/C30H28ClFN6OS/c31-24-15-21(6-9-26(24)39-17-19-4-3-5-20(32)14-19)36-29-27-22-7-8-25-23(28(22)40-30(27)34-18-33-29)16-35-38(25)13-12-37-10-1-2-11-37/h3-6,9,14-16,18H,1-2,7-8,10-13,17H2,(H,33,34,36). The van der Waals surface area contributed by atoms with Gasteiger partial charge in [0.05, 0.1) is 23.2 Å². The van der Waals surface area contributed by atoms with Crippen molar-refractivity contribution in [3.8, 4) is 16.2 Å². The number of anilines is 2. The van der Waals surface area contributed by atoms with Gasteiger partial charge in [0.25, 0.3) is 0 Å². The van der Waals surface area contributed by atoms with Crippen LogP contribution < -0.4 is 10.1 Å². The fourth-order valence-electron chi connectivity index (χ4n) is 5.70. The van der Waals surface area contributed by atoms with E-state index in [0.717, 1.165) is 53.2 Å². The van der Waals surface area contributed by atoms with Gasteiger partial charge in [0.1, 0.15) is 35.1 Å². The number of nitrogens with one attached hydrogen (secondary N) is 1. The summed E-state index contributed by atoms with van der Waals surface area (Å²) in [5.41, 5.74) is 5.36. The lowest BCUT2D eigenvalue weighted by Gasteiger charge is -2.18. The van der Waals surface area contributed by atoms with Crippen LogP contribution in [0.4, 0.5) is 15.9 Å². The van der Waals surface area contributed by atoms with E-state index in [2.05, 4.69) is 24.9 Å². The van der Waals surface area contributed by atoms with E-state index in [4.69, 9.17) is 21.4 Å². The number of hydrogen-bond donors (Lipinski definition) is 1. The molecule has 0 spiro atoms. The number of thiophene rings is 1. The van der Waals surface area contributed by atoms with Gasteiger partial charge in [-0.05, 0) is 80.2 Å². The number of aryl methyl sites for hydroxylation is 1. The van der Waals surface area contributed by atoms with Gasteiger partial charge < -0.3 is 15.0 Å². The van der Waals surface area contributed by atoms with Crippen molar-refractivity contribution in [2.45, 2.75) is 38.8 Å². The van der Waals surface area contributed by atoms with Crippen LogP contribution in [0.15, 0.2) is 55.0 Å². The molecule has 10 heteroatoms. The van der Waals surface area contributed by atoms with Crippen LogP contribution in [-0.4, -0.2) is 44.3 Å². The topological polar surface area (TPSA) is 68.1 Å². The number of ether oxygens (including phenoxy) is 1. The number of fused-ring (bicyclic) bond motifs is 5. The van der Waals surface area contributed by atoms with Gasteiger partial charge >= 0.3 is 0 Å². The summed E-state index contributed by atoms with van der Waals surface area (Å²) in [6.07, 6.45) is 8.11. The Morgan fingerprint density at radius 2 is 1.95 bits per heavy atom. The lowest BCUT2D eigenvalue weighted by atomic mass is 9.95. The van der Waals surface area contributed by atoms with Crippen LogP contribution in [-0.2, 0) is 26.0 Å². The van der Waals surface area contributed by atoms with Crippen molar-refractivity contribution < 1.29 is 9.13 Å². The first kappa shape index (κ1) is 25.4. The number of nitrogens with zero attached hydrogens (tertiary/aromatic N) is 5. The Kier molecular flexibility index (Phi) is 6.87. The second kappa shape index (κ2) is 10.8. The molecule has 0 radical (unpaired) electrons. The van der Waals surface area contributed by atoms with Crippen molar-refractivity contribution in [3.05, 3.63) is 82.6 Å². The summed E-state index contributed by atoms with van der Waals surface area (Å²) in [6.45, 7) is 4.63. The Labute approximate surface area is 240 Å². The van der Waals surface area contributed by atoms with Crippen molar-refractivity contribution in [2.75, 3.05) is 25.0 Å². The summed E-state index contributed by atoms with van der Waals surface area (Å²) in [5, 5.41) is 9.75. The molecule has 1 N–H and O–H groups in total. The minimum atomic E-state index is -0.291. The molecule has 4 heterocycles. The van der Waals surface area contributed by atoms with E-state index in [1.165, 1.54) is 59.8 Å². The van der Waals surface area contributed by atoms with E-state index in [-0.39, 0.29) is 12.4 Å². The van der Waals surface area contributed by atoms with Gasteiger partial charge in [-0.2, -0.15) is 5.10 Å². The number of rotatable bonds is 8. The first-order valence-corrected chi connectivity index (χ1v) is 14.8. The number of halogens is 2. The van der Waals surface area contributed by atoms with Gasteiger partial charge in [-0.15, -0.1) is 11.3 Å². The molecule has 40 heavy (non-hydrogen) atoms. The average Bonchev–Trinajstić information content (AvgIpc) is 3.70. The molecule has 0 amide bonds. The fraction of sp³-hybridized carbons (Fsp3) is 0.300. The van der Waals surface area contributed by atoms with Crippen molar-refractivity contribution in [2.24, 2.45) is 0 Å². The third-order valence-electron chi connectivity index (χ3n) is 7.70. The highest BCUT2D eigenvalue weighted by Crippen LogP contribution is 2.45. The smallest absolute Gasteiger partial charge is 0.142 e. The molecule has 1 fully saturated rings. The maximum Gasteiger partial charge on any atom is 0.142 e.